The Morgan fingerprint density at radius 3 is 2.00 bits per heavy atom. The van der Waals surface area contributed by atoms with Gasteiger partial charge in [-0.15, -0.1) is 0 Å². The first kappa shape index (κ1) is 18.0. The van der Waals surface area contributed by atoms with Gasteiger partial charge in [0.1, 0.15) is 5.60 Å². The van der Waals surface area contributed by atoms with Gasteiger partial charge in [-0.3, -0.25) is 0 Å². The minimum atomic E-state index is -1.20. The van der Waals surface area contributed by atoms with E-state index in [0.29, 0.717) is 13.1 Å². The molecule has 1 saturated heterocycles. The van der Waals surface area contributed by atoms with E-state index in [0.717, 1.165) is 11.1 Å². The molecular weight excluding hydrogens is 316 g/mol. The SMILES string of the molecule is C[C@@H](NC[C@H]1NC[C@H](O)[C@@H]1O)C(O)(c1ccccc1)c1ccccc1. The molecule has 0 spiro atoms. The van der Waals surface area contributed by atoms with E-state index in [-0.39, 0.29) is 12.1 Å². The summed E-state index contributed by atoms with van der Waals surface area (Å²) in [6.07, 6.45) is -1.55. The van der Waals surface area contributed by atoms with Crippen LogP contribution in [0.15, 0.2) is 60.7 Å². The van der Waals surface area contributed by atoms with Gasteiger partial charge in [0.2, 0.25) is 0 Å². The molecule has 0 unspecified atom stereocenters. The van der Waals surface area contributed by atoms with Crippen molar-refractivity contribution in [3.63, 3.8) is 0 Å². The van der Waals surface area contributed by atoms with Crippen LogP contribution in [0.25, 0.3) is 0 Å². The number of nitrogens with one attached hydrogen (secondary N) is 2. The van der Waals surface area contributed by atoms with Gasteiger partial charge in [-0.25, -0.2) is 0 Å². The molecule has 0 aliphatic carbocycles. The van der Waals surface area contributed by atoms with E-state index in [4.69, 9.17) is 0 Å². The van der Waals surface area contributed by atoms with Crippen LogP contribution in [0.2, 0.25) is 0 Å². The lowest BCUT2D eigenvalue weighted by Crippen LogP contribution is -2.52. The highest BCUT2D eigenvalue weighted by atomic mass is 16.3. The molecule has 2 aromatic carbocycles. The Hall–Kier alpha value is -1.76. The Kier molecular flexibility index (Phi) is 5.51. The summed E-state index contributed by atoms with van der Waals surface area (Å²) in [7, 11) is 0. The Balaban J connectivity index is 1.82. The van der Waals surface area contributed by atoms with Gasteiger partial charge >= 0.3 is 0 Å². The van der Waals surface area contributed by atoms with Crippen LogP contribution < -0.4 is 10.6 Å². The van der Waals surface area contributed by atoms with Gasteiger partial charge in [-0.05, 0) is 18.1 Å². The van der Waals surface area contributed by atoms with E-state index in [1.54, 1.807) is 0 Å². The topological polar surface area (TPSA) is 84.8 Å². The van der Waals surface area contributed by atoms with Crippen molar-refractivity contribution in [1.29, 1.82) is 0 Å². The lowest BCUT2D eigenvalue weighted by atomic mass is 9.80. The van der Waals surface area contributed by atoms with Crippen molar-refractivity contribution in [2.24, 2.45) is 0 Å². The van der Waals surface area contributed by atoms with Crippen molar-refractivity contribution in [1.82, 2.24) is 10.6 Å². The summed E-state index contributed by atoms with van der Waals surface area (Å²) in [5, 5.41) is 37.7. The van der Waals surface area contributed by atoms with Crippen LogP contribution in [0.3, 0.4) is 0 Å². The molecule has 1 aliphatic rings. The summed E-state index contributed by atoms with van der Waals surface area (Å²) < 4.78 is 0. The lowest BCUT2D eigenvalue weighted by molar-refractivity contribution is 0.0286. The number of aliphatic hydroxyl groups is 3. The first-order valence-electron chi connectivity index (χ1n) is 8.70. The molecule has 134 valence electrons. The van der Waals surface area contributed by atoms with Gasteiger partial charge in [0.25, 0.3) is 0 Å². The van der Waals surface area contributed by atoms with Crippen molar-refractivity contribution < 1.29 is 15.3 Å². The number of aliphatic hydroxyl groups excluding tert-OH is 2. The van der Waals surface area contributed by atoms with E-state index in [1.165, 1.54) is 0 Å². The molecule has 25 heavy (non-hydrogen) atoms. The second kappa shape index (κ2) is 7.64. The van der Waals surface area contributed by atoms with Crippen molar-refractivity contribution in [2.45, 2.75) is 36.8 Å². The third-order valence-electron chi connectivity index (χ3n) is 5.09. The minimum Gasteiger partial charge on any atom is -0.389 e. The van der Waals surface area contributed by atoms with Crippen LogP contribution >= 0.6 is 0 Å². The normalized spacial score (nSPS) is 25.0. The molecule has 0 bridgehead atoms. The zero-order valence-electron chi connectivity index (χ0n) is 14.3. The zero-order chi connectivity index (χ0) is 17.9. The number of rotatable bonds is 6. The molecule has 0 radical (unpaired) electrons. The molecule has 0 saturated carbocycles. The van der Waals surface area contributed by atoms with Crippen LogP contribution in [0.5, 0.6) is 0 Å². The van der Waals surface area contributed by atoms with Crippen LogP contribution in [0, 0.1) is 0 Å². The van der Waals surface area contributed by atoms with Crippen LogP contribution in [-0.2, 0) is 5.60 Å². The molecule has 3 rings (SSSR count). The molecule has 5 nitrogen and oxygen atoms in total. The second-order valence-corrected chi connectivity index (χ2v) is 6.70. The molecule has 1 aliphatic heterocycles. The van der Waals surface area contributed by atoms with E-state index < -0.39 is 17.8 Å². The first-order chi connectivity index (χ1) is 12.0. The maximum atomic E-state index is 11.6. The van der Waals surface area contributed by atoms with Gasteiger partial charge in [0, 0.05) is 25.2 Å². The Morgan fingerprint density at radius 1 is 1.04 bits per heavy atom. The Morgan fingerprint density at radius 2 is 1.56 bits per heavy atom. The van der Waals surface area contributed by atoms with Crippen LogP contribution in [0.4, 0.5) is 0 Å². The monoisotopic (exact) mass is 342 g/mol. The van der Waals surface area contributed by atoms with Crippen molar-refractivity contribution in [3.8, 4) is 0 Å². The highest BCUT2D eigenvalue weighted by Crippen LogP contribution is 2.33. The van der Waals surface area contributed by atoms with Crippen LogP contribution in [0.1, 0.15) is 18.1 Å². The first-order valence-corrected chi connectivity index (χ1v) is 8.70. The third kappa shape index (κ3) is 3.61. The molecule has 5 heteroatoms. The van der Waals surface area contributed by atoms with Crippen molar-refractivity contribution in [3.05, 3.63) is 71.8 Å². The van der Waals surface area contributed by atoms with Gasteiger partial charge < -0.3 is 26.0 Å². The fourth-order valence-electron chi connectivity index (χ4n) is 3.48. The van der Waals surface area contributed by atoms with Gasteiger partial charge in [0.05, 0.1) is 12.2 Å². The number of hydrogen-bond acceptors (Lipinski definition) is 5. The predicted octanol–water partition coefficient (Wildman–Crippen LogP) is 0.594. The van der Waals surface area contributed by atoms with Crippen molar-refractivity contribution >= 4 is 0 Å². The maximum Gasteiger partial charge on any atom is 0.130 e. The molecule has 0 aromatic heterocycles. The number of benzene rings is 2. The Bertz CT molecular complexity index is 626. The smallest absolute Gasteiger partial charge is 0.130 e. The van der Waals surface area contributed by atoms with Crippen molar-refractivity contribution in [2.75, 3.05) is 13.1 Å². The van der Waals surface area contributed by atoms with E-state index in [2.05, 4.69) is 10.6 Å². The molecule has 1 heterocycles. The van der Waals surface area contributed by atoms with Gasteiger partial charge in [-0.1, -0.05) is 60.7 Å². The minimum absolute atomic E-state index is 0.242. The van der Waals surface area contributed by atoms with E-state index in [1.807, 2.05) is 67.6 Å². The van der Waals surface area contributed by atoms with E-state index in [9.17, 15) is 15.3 Å². The van der Waals surface area contributed by atoms with E-state index >= 15 is 0 Å². The quantitative estimate of drug-likeness (QED) is 0.531. The van der Waals surface area contributed by atoms with Gasteiger partial charge in [-0.2, -0.15) is 0 Å². The highest BCUT2D eigenvalue weighted by molar-refractivity contribution is 5.37. The average Bonchev–Trinajstić information content (AvgIpc) is 2.98. The molecular formula is C20H26N2O3. The van der Waals surface area contributed by atoms with Gasteiger partial charge in [0.15, 0.2) is 0 Å². The molecule has 0 amide bonds. The standard InChI is InChI=1S/C20H26N2O3/c1-14(21-12-17-19(24)18(23)13-22-17)20(25,15-8-4-2-5-9-15)16-10-6-3-7-11-16/h2-11,14,17-19,21-25H,12-13H2,1H3/t14-,17-,18+,19-/m1/s1. The average molecular weight is 342 g/mol. The molecule has 4 atom stereocenters. The fraction of sp³-hybridized carbons (Fsp3) is 0.400. The lowest BCUT2D eigenvalue weighted by Gasteiger charge is -2.36. The molecule has 5 N–H and O–H groups in total. The summed E-state index contributed by atoms with van der Waals surface area (Å²) in [4.78, 5) is 0. The number of β-amino-alcohol motifs (C(OH)–C–C–N with tert-alkyl or cyclic N) is 1. The summed E-state index contributed by atoms with van der Waals surface area (Å²) in [6.45, 7) is 2.75. The van der Waals surface area contributed by atoms with Crippen LogP contribution in [-0.4, -0.2) is 52.7 Å². The highest BCUT2D eigenvalue weighted by Gasteiger charge is 2.39. The third-order valence-corrected chi connectivity index (χ3v) is 5.09. The summed E-state index contributed by atoms with van der Waals surface area (Å²) in [6, 6.07) is 18.6. The maximum absolute atomic E-state index is 11.6. The molecule has 2 aromatic rings. The summed E-state index contributed by atoms with van der Waals surface area (Å²) in [5.74, 6) is 0. The second-order valence-electron chi connectivity index (χ2n) is 6.70. The zero-order valence-corrected chi connectivity index (χ0v) is 14.3. The summed E-state index contributed by atoms with van der Waals surface area (Å²) >= 11 is 0. The summed E-state index contributed by atoms with van der Waals surface area (Å²) in [5.41, 5.74) is 0.410. The fourth-order valence-corrected chi connectivity index (χ4v) is 3.48. The largest absolute Gasteiger partial charge is 0.389 e. The Labute approximate surface area is 148 Å². The molecule has 1 fully saturated rings. The predicted molar refractivity (Wildman–Crippen MR) is 97.2 cm³/mol. The number of hydrogen-bond donors (Lipinski definition) is 5.